The molecule has 0 aliphatic carbocycles. The van der Waals surface area contributed by atoms with Gasteiger partial charge in [-0.2, -0.15) is 0 Å². The summed E-state index contributed by atoms with van der Waals surface area (Å²) in [6.07, 6.45) is 2.95. The predicted octanol–water partition coefficient (Wildman–Crippen LogP) is 5.01. The Morgan fingerprint density at radius 2 is 1.97 bits per heavy atom. The van der Waals surface area contributed by atoms with Gasteiger partial charge >= 0.3 is 5.97 Å². The van der Waals surface area contributed by atoms with Gasteiger partial charge in [-0.1, -0.05) is 38.1 Å². The molecular weight excluding hydrogens is 371 g/mol. The number of rotatable bonds is 5. The fraction of sp³-hybridized carbons (Fsp3) is 0.375. The molecule has 0 amide bonds. The third-order valence-corrected chi connectivity index (χ3v) is 5.16. The maximum atomic E-state index is 13.5. The van der Waals surface area contributed by atoms with E-state index in [9.17, 15) is 14.3 Å². The molecule has 29 heavy (non-hydrogen) atoms. The summed E-state index contributed by atoms with van der Waals surface area (Å²) >= 11 is 0. The number of esters is 1. The zero-order valence-electron chi connectivity index (χ0n) is 17.2. The van der Waals surface area contributed by atoms with E-state index in [-0.39, 0.29) is 18.2 Å². The van der Waals surface area contributed by atoms with E-state index in [1.807, 2.05) is 19.1 Å². The second kappa shape index (κ2) is 8.78. The molecule has 0 spiro atoms. The molecule has 0 aromatic heterocycles. The lowest BCUT2D eigenvalue weighted by Crippen LogP contribution is -2.31. The molecular formula is C24H27FO4. The van der Waals surface area contributed by atoms with Crippen LogP contribution in [0.25, 0.3) is 17.2 Å². The van der Waals surface area contributed by atoms with Crippen molar-refractivity contribution in [2.24, 2.45) is 0 Å². The van der Waals surface area contributed by atoms with Crippen LogP contribution in [0.15, 0.2) is 36.4 Å². The molecule has 5 heteroatoms. The molecule has 1 saturated heterocycles. The number of aliphatic hydroxyl groups excluding tert-OH is 1. The molecule has 0 unspecified atom stereocenters. The highest BCUT2D eigenvalue weighted by Gasteiger charge is 2.26. The van der Waals surface area contributed by atoms with Gasteiger partial charge in [-0.25, -0.2) is 4.39 Å². The standard InChI is InChI=1S/C24H27FO4/c1-14(2)21-11-15(3)24(28-4)23(16-5-7-17(25)8-6-16)20(21)10-9-19-12-18(26)13-22(27)29-19/h5-11,14,18-19,26H,12-13H2,1-4H3/t18-,19-/m1/s1. The zero-order chi connectivity index (χ0) is 21.1. The average molecular weight is 398 g/mol. The van der Waals surface area contributed by atoms with Gasteiger partial charge in [0.25, 0.3) is 0 Å². The van der Waals surface area contributed by atoms with Crippen LogP contribution in [0.3, 0.4) is 0 Å². The summed E-state index contributed by atoms with van der Waals surface area (Å²) in [5.74, 6) is 0.256. The zero-order valence-corrected chi connectivity index (χ0v) is 17.2. The number of carbonyl (C=O) groups excluding carboxylic acids is 1. The maximum Gasteiger partial charge on any atom is 0.309 e. The van der Waals surface area contributed by atoms with Crippen LogP contribution in [0.4, 0.5) is 4.39 Å². The van der Waals surface area contributed by atoms with E-state index in [1.54, 1.807) is 19.2 Å². The van der Waals surface area contributed by atoms with E-state index in [1.165, 1.54) is 12.1 Å². The number of aryl methyl sites for hydroxylation is 1. The van der Waals surface area contributed by atoms with Crippen LogP contribution >= 0.6 is 0 Å². The molecule has 3 rings (SSSR count). The number of methoxy groups -OCH3 is 1. The van der Waals surface area contributed by atoms with Crippen molar-refractivity contribution in [2.75, 3.05) is 7.11 Å². The number of hydrogen-bond donors (Lipinski definition) is 1. The molecule has 1 N–H and O–H groups in total. The molecule has 0 radical (unpaired) electrons. The van der Waals surface area contributed by atoms with Gasteiger partial charge in [0.1, 0.15) is 17.7 Å². The summed E-state index contributed by atoms with van der Waals surface area (Å²) in [7, 11) is 1.62. The van der Waals surface area contributed by atoms with Crippen molar-refractivity contribution in [2.45, 2.75) is 51.7 Å². The molecule has 154 valence electrons. The number of benzene rings is 2. The van der Waals surface area contributed by atoms with Gasteiger partial charge in [0.2, 0.25) is 0 Å². The number of cyclic esters (lactones) is 1. The Morgan fingerprint density at radius 1 is 1.28 bits per heavy atom. The third kappa shape index (κ3) is 4.67. The topological polar surface area (TPSA) is 55.8 Å². The monoisotopic (exact) mass is 398 g/mol. The van der Waals surface area contributed by atoms with E-state index >= 15 is 0 Å². The minimum absolute atomic E-state index is 0.0285. The van der Waals surface area contributed by atoms with E-state index in [4.69, 9.17) is 9.47 Å². The SMILES string of the molecule is COc1c(C)cc(C(C)C)c(C=C[C@@H]2C[C@@H](O)CC(=O)O2)c1-c1ccc(F)cc1. The van der Waals surface area contributed by atoms with Crippen molar-refractivity contribution in [3.8, 4) is 16.9 Å². The maximum absolute atomic E-state index is 13.5. The highest BCUT2D eigenvalue weighted by molar-refractivity contribution is 5.84. The minimum atomic E-state index is -0.695. The van der Waals surface area contributed by atoms with Crippen molar-refractivity contribution in [3.05, 3.63) is 58.9 Å². The first kappa shape index (κ1) is 21.1. The van der Waals surface area contributed by atoms with E-state index in [0.717, 1.165) is 33.6 Å². The summed E-state index contributed by atoms with van der Waals surface area (Å²) < 4.78 is 24.6. The number of hydrogen-bond acceptors (Lipinski definition) is 4. The first-order valence-corrected chi connectivity index (χ1v) is 9.83. The normalized spacial score (nSPS) is 19.6. The number of ether oxygens (including phenoxy) is 2. The Hall–Kier alpha value is -2.66. The molecule has 1 fully saturated rings. The predicted molar refractivity (Wildman–Crippen MR) is 111 cm³/mol. The Labute approximate surface area is 171 Å². The summed E-state index contributed by atoms with van der Waals surface area (Å²) in [4.78, 5) is 11.7. The smallest absolute Gasteiger partial charge is 0.309 e. The Balaban J connectivity index is 2.16. The summed E-state index contributed by atoms with van der Waals surface area (Å²) in [6.45, 7) is 6.21. The first-order chi connectivity index (χ1) is 13.8. The molecule has 2 aromatic carbocycles. The van der Waals surface area contributed by atoms with Crippen molar-refractivity contribution in [1.82, 2.24) is 0 Å². The third-order valence-electron chi connectivity index (χ3n) is 5.16. The van der Waals surface area contributed by atoms with Crippen molar-refractivity contribution in [1.29, 1.82) is 0 Å². The molecule has 0 saturated carbocycles. The largest absolute Gasteiger partial charge is 0.496 e. The number of carbonyl (C=O) groups is 1. The van der Waals surface area contributed by atoms with Crippen LogP contribution < -0.4 is 4.74 Å². The molecule has 1 heterocycles. The average Bonchev–Trinajstić information content (AvgIpc) is 2.66. The quantitative estimate of drug-likeness (QED) is 0.719. The fourth-order valence-electron chi connectivity index (χ4n) is 3.79. The van der Waals surface area contributed by atoms with Gasteiger partial charge in [0, 0.05) is 12.0 Å². The minimum Gasteiger partial charge on any atom is -0.496 e. The number of aliphatic hydroxyl groups is 1. The van der Waals surface area contributed by atoms with Gasteiger partial charge in [0.05, 0.1) is 19.6 Å². The van der Waals surface area contributed by atoms with E-state index in [0.29, 0.717) is 6.42 Å². The fourth-order valence-corrected chi connectivity index (χ4v) is 3.79. The van der Waals surface area contributed by atoms with Gasteiger partial charge in [-0.3, -0.25) is 4.79 Å². The lowest BCUT2D eigenvalue weighted by atomic mass is 9.86. The van der Waals surface area contributed by atoms with Crippen LogP contribution in [-0.2, 0) is 9.53 Å². The van der Waals surface area contributed by atoms with Crippen molar-refractivity contribution >= 4 is 12.0 Å². The van der Waals surface area contributed by atoms with Gasteiger partial charge in [-0.05, 0) is 53.3 Å². The Bertz CT molecular complexity index is 915. The molecule has 0 bridgehead atoms. The molecule has 1 aliphatic rings. The lowest BCUT2D eigenvalue weighted by Gasteiger charge is -2.24. The molecule has 2 aromatic rings. The second-order valence-electron chi connectivity index (χ2n) is 7.75. The number of halogens is 1. The van der Waals surface area contributed by atoms with Crippen molar-refractivity contribution < 1.29 is 23.8 Å². The van der Waals surface area contributed by atoms with Crippen LogP contribution in [-0.4, -0.2) is 30.4 Å². The summed E-state index contributed by atoms with van der Waals surface area (Å²) in [5.41, 5.74) is 4.75. The Kier molecular flexibility index (Phi) is 6.38. The van der Waals surface area contributed by atoms with Crippen LogP contribution in [0.1, 0.15) is 49.3 Å². The summed E-state index contributed by atoms with van der Waals surface area (Å²) in [6, 6.07) is 8.42. The van der Waals surface area contributed by atoms with Gasteiger partial charge in [-0.15, -0.1) is 0 Å². The van der Waals surface area contributed by atoms with Crippen molar-refractivity contribution in [3.63, 3.8) is 0 Å². The van der Waals surface area contributed by atoms with E-state index < -0.39 is 18.2 Å². The Morgan fingerprint density at radius 3 is 2.55 bits per heavy atom. The second-order valence-corrected chi connectivity index (χ2v) is 7.75. The molecule has 2 atom stereocenters. The van der Waals surface area contributed by atoms with E-state index in [2.05, 4.69) is 19.9 Å². The molecule has 4 nitrogen and oxygen atoms in total. The highest BCUT2D eigenvalue weighted by atomic mass is 19.1. The van der Waals surface area contributed by atoms with Crippen LogP contribution in [0, 0.1) is 12.7 Å². The summed E-state index contributed by atoms with van der Waals surface area (Å²) in [5, 5.41) is 9.88. The molecule has 1 aliphatic heterocycles. The van der Waals surface area contributed by atoms with Crippen LogP contribution in [0.5, 0.6) is 5.75 Å². The lowest BCUT2D eigenvalue weighted by molar-refractivity contribution is -0.156. The van der Waals surface area contributed by atoms with Crippen LogP contribution in [0.2, 0.25) is 0 Å². The van der Waals surface area contributed by atoms with Gasteiger partial charge in [0.15, 0.2) is 0 Å². The first-order valence-electron chi connectivity index (χ1n) is 9.83. The van der Waals surface area contributed by atoms with Gasteiger partial charge < -0.3 is 14.6 Å². The highest BCUT2D eigenvalue weighted by Crippen LogP contribution is 2.41.